The van der Waals surface area contributed by atoms with Gasteiger partial charge in [-0.3, -0.25) is 9.59 Å². The van der Waals surface area contributed by atoms with Gasteiger partial charge in [0.2, 0.25) is 0 Å². The van der Waals surface area contributed by atoms with Crippen molar-refractivity contribution in [1.82, 2.24) is 0 Å². The van der Waals surface area contributed by atoms with Crippen LogP contribution in [0.5, 0.6) is 0 Å². The minimum Gasteiger partial charge on any atom is 0 e. The molecule has 0 spiro atoms. The van der Waals surface area contributed by atoms with Gasteiger partial charge in [-0.1, -0.05) is 7.43 Å². The van der Waals surface area contributed by atoms with Crippen LogP contribution in [0.25, 0.3) is 0 Å². The summed E-state index contributed by atoms with van der Waals surface area (Å²) in [7, 11) is 0. The fourth-order valence-corrected chi connectivity index (χ4v) is 6.96. The second-order valence-electron chi connectivity index (χ2n) is 14.9. The Morgan fingerprint density at radius 2 is 0.600 bits per heavy atom. The molecule has 0 saturated carbocycles. The number of rotatable bonds is 6. The van der Waals surface area contributed by atoms with Crippen LogP contribution in [0.15, 0.2) is 48.5 Å². The Bertz CT molecular complexity index is 1040. The topological polar surface area (TPSA) is 68.3 Å². The predicted molar refractivity (Wildman–Crippen MR) is 211 cm³/mol. The van der Waals surface area contributed by atoms with Crippen molar-refractivity contribution in [2.24, 2.45) is 0 Å². The molecule has 0 N–H and O–H groups in total. The van der Waals surface area contributed by atoms with Gasteiger partial charge in [0.05, 0.1) is 0 Å². The van der Waals surface area contributed by atoms with E-state index in [4.69, 9.17) is 23.2 Å². The predicted octanol–water partition coefficient (Wildman–Crippen LogP) is 11.6. The summed E-state index contributed by atoms with van der Waals surface area (Å²) in [4.78, 5) is 45.5. The Morgan fingerprint density at radius 3 is 0.711 bits per heavy atom. The van der Waals surface area contributed by atoms with Crippen molar-refractivity contribution < 1.29 is 39.6 Å². The Kier molecular flexibility index (Phi) is 33.1. The zero-order valence-corrected chi connectivity index (χ0v) is 43.4. The minimum atomic E-state index is -2.29. The summed E-state index contributed by atoms with van der Waals surface area (Å²) < 4.78 is 0.595. The first-order chi connectivity index (χ1) is 19.1. The molecule has 2 radical (unpaired) electrons. The molecule has 4 nitrogen and oxygen atoms in total. The van der Waals surface area contributed by atoms with Crippen LogP contribution < -0.4 is 0 Å². The van der Waals surface area contributed by atoms with E-state index in [1.54, 1.807) is 0 Å². The van der Waals surface area contributed by atoms with Gasteiger partial charge in [-0.2, -0.15) is 0 Å². The summed E-state index contributed by atoms with van der Waals surface area (Å²) in [6.07, 6.45) is 0. The molecule has 12 heteroatoms. The average molecular weight is 1060 g/mol. The molecule has 0 aliphatic rings. The molecule has 2 rings (SSSR count). The maximum absolute atomic E-state index is 12.2. The minimum absolute atomic E-state index is 0. The zero-order chi connectivity index (χ0) is 34.9. The van der Waals surface area contributed by atoms with Crippen molar-refractivity contribution in [3.8, 4) is 0 Å². The van der Waals surface area contributed by atoms with E-state index in [9.17, 15) is 19.2 Å². The fourth-order valence-electron chi connectivity index (χ4n) is 2.37. The summed E-state index contributed by atoms with van der Waals surface area (Å²) in [5, 5.41) is -1.10. The molecule has 0 heterocycles. The smallest absolute Gasteiger partial charge is 0 e. The van der Waals surface area contributed by atoms with Gasteiger partial charge in [0.1, 0.15) is 0 Å². The number of hydrogen-bond donors (Lipinski definition) is 0. The van der Waals surface area contributed by atoms with Crippen molar-refractivity contribution in [2.75, 3.05) is 0 Å². The van der Waals surface area contributed by atoms with Crippen molar-refractivity contribution in [2.45, 2.75) is 99.5 Å². The van der Waals surface area contributed by atoms with E-state index in [1.807, 2.05) is 24.3 Å². The molecule has 0 aliphatic carbocycles. The van der Waals surface area contributed by atoms with Crippen LogP contribution >= 0.6 is 23.2 Å². The maximum Gasteiger partial charge on any atom is 0 e. The van der Waals surface area contributed by atoms with Crippen LogP contribution in [0.4, 0.5) is 0 Å². The molecule has 0 amide bonds. The summed E-state index contributed by atoms with van der Waals surface area (Å²) in [6.45, 7) is 0. The Balaban J connectivity index is -0.000000170. The molecule has 2 aromatic rings. The molecule has 260 valence electrons. The van der Waals surface area contributed by atoms with E-state index in [1.165, 1.54) is 24.3 Å². The van der Waals surface area contributed by atoms with Crippen molar-refractivity contribution in [3.05, 3.63) is 70.8 Å². The van der Waals surface area contributed by atoms with E-state index in [0.29, 0.717) is 20.4 Å². The molecule has 45 heavy (non-hydrogen) atoms. The van der Waals surface area contributed by atoms with Gasteiger partial charge in [0.15, 0.2) is 0 Å². The summed E-state index contributed by atoms with van der Waals surface area (Å²) in [5.74, 6) is 36.0. The van der Waals surface area contributed by atoms with Gasteiger partial charge in [-0.25, -0.2) is 0 Å². The van der Waals surface area contributed by atoms with Gasteiger partial charge in [0.25, 0.3) is 10.5 Å². The maximum atomic E-state index is 12.2. The largest absolute Gasteiger partial charge is 0 e. The Hall–Kier alpha value is 1.08. The van der Waals surface area contributed by atoms with Crippen LogP contribution in [0, 0.1) is 0 Å². The molecular formula is C33H60Cl2Ge5O4Pd. The second kappa shape index (κ2) is 26.9. The molecule has 0 unspecified atom stereocenters. The first kappa shape index (κ1) is 55.5. The van der Waals surface area contributed by atoms with Gasteiger partial charge in [0, 0.05) is 31.5 Å². The van der Waals surface area contributed by atoms with E-state index < -0.39 is 50.3 Å². The van der Waals surface area contributed by atoms with Crippen LogP contribution in [0.2, 0.25) is 92.1 Å². The normalized spacial score (nSPS) is 10.4. The SMILES string of the molecule is C.O=C(Cl)c1ccc(C(=O)Cl)cc1.[CH3][Ge]([CH3])([CH3])[CH3].[CH3][Ge]([CH3])([CH3])[C](=O)c1ccc([C](=O)[Ge]([CH3])([CH3])[CH3])cc1.[CH3][Ge]([CH3])[CH3].[CH3][Ge]([CH3])[CH3].[Pd]. The third-order valence-corrected chi connectivity index (χ3v) is 11.5. The standard InChI is InChI=1S/C14H22Ge2O2.C8H4Cl2O2.C4H12Ge.2C3H9Ge.CH4.Pd/c1-15(2,3)13(17)11-7-9-12(10-8-11)14(18)16(4,5)6;9-7(11)5-1-2-6(4-3-5)8(10)12;1-5(2,3)4;2*1-4(2)3;;/h7-10H,1-6H3;1-4H;1-4H3;2*1-3H3;1H4;. The first-order valence-corrected chi connectivity index (χ1v) is 50.8. The van der Waals surface area contributed by atoms with Gasteiger partial charge < -0.3 is 0 Å². The molecule has 0 atom stereocenters. The summed E-state index contributed by atoms with van der Waals surface area (Å²) in [5.41, 5.74) is 2.22. The van der Waals surface area contributed by atoms with Crippen molar-refractivity contribution in [1.29, 1.82) is 0 Å². The van der Waals surface area contributed by atoms with Crippen LogP contribution in [-0.4, -0.2) is 88.2 Å². The zero-order valence-electron chi connectivity index (χ0n) is 29.8. The Morgan fingerprint density at radius 1 is 0.467 bits per heavy atom. The monoisotopic (exact) mass is 1070 g/mol. The van der Waals surface area contributed by atoms with Crippen LogP contribution in [-0.2, 0) is 20.4 Å². The van der Waals surface area contributed by atoms with E-state index in [2.05, 4.69) is 92.1 Å². The van der Waals surface area contributed by atoms with E-state index >= 15 is 0 Å². The molecule has 0 fully saturated rings. The first-order valence-electron chi connectivity index (χ1n) is 14.3. The summed E-state index contributed by atoms with van der Waals surface area (Å²) >= 11 is 4.11. The second-order valence-corrected chi connectivity index (χ2v) is 61.5. The fraction of sp³-hybridized carbons (Fsp3) is 0.515. The number of halogens is 2. The van der Waals surface area contributed by atoms with E-state index in [-0.39, 0.29) is 56.5 Å². The quantitative estimate of drug-likeness (QED) is 0.214. The van der Waals surface area contributed by atoms with Crippen LogP contribution in [0.1, 0.15) is 48.9 Å². The third-order valence-electron chi connectivity index (χ3n) is 4.11. The summed E-state index contributed by atoms with van der Waals surface area (Å²) in [6, 6.07) is 13.1. The molecule has 0 aromatic heterocycles. The molecule has 2 aromatic carbocycles. The number of benzene rings is 2. The molecule has 0 saturated heterocycles. The van der Waals surface area contributed by atoms with Crippen LogP contribution in [0.3, 0.4) is 0 Å². The van der Waals surface area contributed by atoms with Gasteiger partial charge in [-0.05, 0) is 47.5 Å². The molecule has 0 bridgehead atoms. The molecular weight excluding hydrogens is 1000 g/mol. The number of hydrogen-bond acceptors (Lipinski definition) is 4. The van der Waals surface area contributed by atoms with Crippen molar-refractivity contribution >= 4 is 111 Å². The van der Waals surface area contributed by atoms with Crippen molar-refractivity contribution in [3.63, 3.8) is 0 Å². The third kappa shape index (κ3) is 34.7. The van der Waals surface area contributed by atoms with Gasteiger partial charge in [-0.15, -0.1) is 0 Å². The molecule has 0 aliphatic heterocycles. The van der Waals surface area contributed by atoms with Gasteiger partial charge >= 0.3 is 215 Å². The Labute approximate surface area is 317 Å². The average Bonchev–Trinajstić information content (AvgIpc) is 2.80. The number of carbonyl (C=O) groups excluding carboxylic acids is 4. The van der Waals surface area contributed by atoms with E-state index in [0.717, 1.165) is 11.1 Å². The number of carbonyl (C=O) groups is 4.